The van der Waals surface area contributed by atoms with E-state index < -0.39 is 0 Å². The van der Waals surface area contributed by atoms with Crippen LogP contribution in [0.25, 0.3) is 0 Å². The van der Waals surface area contributed by atoms with Gasteiger partial charge in [-0.2, -0.15) is 0 Å². The second kappa shape index (κ2) is 6.05. The first-order chi connectivity index (χ1) is 7.67. The van der Waals surface area contributed by atoms with E-state index in [2.05, 4.69) is 11.9 Å². The van der Waals surface area contributed by atoms with Crippen LogP contribution < -0.4 is 14.8 Å². The third-order valence-electron chi connectivity index (χ3n) is 2.28. The lowest BCUT2D eigenvalue weighted by molar-refractivity contribution is 0.395. The van der Waals surface area contributed by atoms with Crippen LogP contribution in [0, 0.1) is 0 Å². The van der Waals surface area contributed by atoms with Crippen LogP contribution in [-0.2, 0) is 0 Å². The maximum Gasteiger partial charge on any atom is 0.145 e. The summed E-state index contributed by atoms with van der Waals surface area (Å²) in [7, 11) is 3.29. The fourth-order valence-electron chi connectivity index (χ4n) is 1.36. The predicted molar refractivity (Wildman–Crippen MR) is 67.5 cm³/mol. The Labute approximate surface area is 97.1 Å². The Balaban J connectivity index is 2.68. The largest absolute Gasteiger partial charge is 0.497 e. The number of ether oxygens (including phenoxy) is 2. The Bertz CT molecular complexity index is 361. The summed E-state index contributed by atoms with van der Waals surface area (Å²) < 4.78 is 10.4. The van der Waals surface area contributed by atoms with Gasteiger partial charge in [0.05, 0.1) is 19.9 Å². The second-order valence-corrected chi connectivity index (χ2v) is 3.70. The Hall–Kier alpha value is -1.64. The molecule has 1 aromatic carbocycles. The Morgan fingerprint density at radius 2 is 2.06 bits per heavy atom. The van der Waals surface area contributed by atoms with Gasteiger partial charge in [0.15, 0.2) is 0 Å². The first-order valence-electron chi connectivity index (χ1n) is 5.27. The number of nitrogens with one attached hydrogen (secondary N) is 1. The van der Waals surface area contributed by atoms with E-state index in [4.69, 9.17) is 9.47 Å². The Morgan fingerprint density at radius 1 is 1.31 bits per heavy atom. The van der Waals surface area contributed by atoms with Gasteiger partial charge in [-0.05, 0) is 25.5 Å². The summed E-state index contributed by atoms with van der Waals surface area (Å²) >= 11 is 0. The van der Waals surface area contributed by atoms with Crippen molar-refractivity contribution in [1.29, 1.82) is 0 Å². The second-order valence-electron chi connectivity index (χ2n) is 3.70. The molecule has 0 spiro atoms. The highest BCUT2D eigenvalue weighted by molar-refractivity contribution is 5.59. The summed E-state index contributed by atoms with van der Waals surface area (Å²) in [5.74, 6) is 1.59. The van der Waals surface area contributed by atoms with E-state index in [-0.39, 0.29) is 0 Å². The molecule has 0 aliphatic heterocycles. The van der Waals surface area contributed by atoms with E-state index >= 15 is 0 Å². The molecule has 1 rings (SSSR count). The highest BCUT2D eigenvalue weighted by Gasteiger charge is 2.03. The van der Waals surface area contributed by atoms with E-state index in [9.17, 15) is 0 Å². The standard InChI is InChI=1S/C13H19NO2/c1-10(2)7-8-14-12-6-5-11(15-3)9-13(12)16-4/h5-6,9,14H,1,7-8H2,2-4H3. The first-order valence-corrected chi connectivity index (χ1v) is 5.27. The van der Waals surface area contributed by atoms with Crippen molar-refractivity contribution in [1.82, 2.24) is 0 Å². The van der Waals surface area contributed by atoms with Crippen LogP contribution in [0.1, 0.15) is 13.3 Å². The molecule has 0 saturated heterocycles. The normalized spacial score (nSPS) is 9.69. The van der Waals surface area contributed by atoms with Gasteiger partial charge in [-0.15, -0.1) is 6.58 Å². The zero-order chi connectivity index (χ0) is 12.0. The van der Waals surface area contributed by atoms with Crippen LogP contribution >= 0.6 is 0 Å². The molecule has 1 N–H and O–H groups in total. The molecule has 16 heavy (non-hydrogen) atoms. The van der Waals surface area contributed by atoms with Gasteiger partial charge >= 0.3 is 0 Å². The topological polar surface area (TPSA) is 30.5 Å². The van der Waals surface area contributed by atoms with E-state index in [0.29, 0.717) is 0 Å². The van der Waals surface area contributed by atoms with Gasteiger partial charge in [0, 0.05) is 12.6 Å². The zero-order valence-electron chi connectivity index (χ0n) is 10.2. The molecule has 0 radical (unpaired) electrons. The van der Waals surface area contributed by atoms with E-state index in [1.165, 1.54) is 5.57 Å². The van der Waals surface area contributed by atoms with Crippen LogP contribution in [0.3, 0.4) is 0 Å². The van der Waals surface area contributed by atoms with Crippen LogP contribution in [-0.4, -0.2) is 20.8 Å². The van der Waals surface area contributed by atoms with Gasteiger partial charge in [0.25, 0.3) is 0 Å². The lowest BCUT2D eigenvalue weighted by Gasteiger charge is -2.12. The minimum Gasteiger partial charge on any atom is -0.497 e. The van der Waals surface area contributed by atoms with Crippen LogP contribution in [0.4, 0.5) is 5.69 Å². The lowest BCUT2D eigenvalue weighted by Crippen LogP contribution is -2.03. The summed E-state index contributed by atoms with van der Waals surface area (Å²) in [6.45, 7) is 6.74. The average molecular weight is 221 g/mol. The third-order valence-corrected chi connectivity index (χ3v) is 2.28. The molecule has 0 bridgehead atoms. The van der Waals surface area contributed by atoms with Crippen LogP contribution in [0.15, 0.2) is 30.4 Å². The van der Waals surface area contributed by atoms with Crippen molar-refractivity contribution in [2.45, 2.75) is 13.3 Å². The summed E-state index contributed by atoms with van der Waals surface area (Å²) in [6.07, 6.45) is 0.954. The Kier molecular flexibility index (Phi) is 4.70. The van der Waals surface area contributed by atoms with Crippen molar-refractivity contribution in [2.24, 2.45) is 0 Å². The molecule has 0 unspecified atom stereocenters. The third kappa shape index (κ3) is 3.50. The fourth-order valence-corrected chi connectivity index (χ4v) is 1.36. The molecule has 3 nitrogen and oxygen atoms in total. The van der Waals surface area contributed by atoms with Crippen LogP contribution in [0.5, 0.6) is 11.5 Å². The summed E-state index contributed by atoms with van der Waals surface area (Å²) in [6, 6.07) is 5.73. The summed E-state index contributed by atoms with van der Waals surface area (Å²) in [4.78, 5) is 0. The van der Waals surface area contributed by atoms with Crippen molar-refractivity contribution in [3.8, 4) is 11.5 Å². The minimum absolute atomic E-state index is 0.793. The zero-order valence-corrected chi connectivity index (χ0v) is 10.2. The van der Waals surface area contributed by atoms with Gasteiger partial charge in [-0.25, -0.2) is 0 Å². The molecular weight excluding hydrogens is 202 g/mol. The smallest absolute Gasteiger partial charge is 0.145 e. The molecule has 0 aliphatic rings. The van der Waals surface area contributed by atoms with Gasteiger partial charge < -0.3 is 14.8 Å². The molecule has 0 heterocycles. The molecule has 1 aromatic rings. The molecule has 0 amide bonds. The Morgan fingerprint density at radius 3 is 2.62 bits per heavy atom. The predicted octanol–water partition coefficient (Wildman–Crippen LogP) is 3.08. The highest BCUT2D eigenvalue weighted by atomic mass is 16.5. The number of hydrogen-bond donors (Lipinski definition) is 1. The minimum atomic E-state index is 0.793. The van der Waals surface area contributed by atoms with E-state index in [1.807, 2.05) is 25.1 Å². The molecule has 0 fully saturated rings. The molecular formula is C13H19NO2. The summed E-state index contributed by atoms with van der Waals surface area (Å²) in [5.41, 5.74) is 2.14. The maximum atomic E-state index is 5.28. The number of rotatable bonds is 6. The number of benzene rings is 1. The first kappa shape index (κ1) is 12.4. The van der Waals surface area contributed by atoms with Gasteiger partial charge in [0.2, 0.25) is 0 Å². The van der Waals surface area contributed by atoms with Crippen molar-refractivity contribution in [3.63, 3.8) is 0 Å². The lowest BCUT2D eigenvalue weighted by atomic mass is 10.2. The van der Waals surface area contributed by atoms with Crippen molar-refractivity contribution in [2.75, 3.05) is 26.1 Å². The maximum absolute atomic E-state index is 5.28. The molecule has 0 saturated carbocycles. The molecule has 0 atom stereocenters. The van der Waals surface area contributed by atoms with E-state index in [0.717, 1.165) is 30.2 Å². The SMILES string of the molecule is C=C(C)CCNc1ccc(OC)cc1OC. The number of methoxy groups -OCH3 is 2. The number of anilines is 1. The van der Waals surface area contributed by atoms with E-state index in [1.54, 1.807) is 14.2 Å². The van der Waals surface area contributed by atoms with Crippen molar-refractivity contribution < 1.29 is 9.47 Å². The monoisotopic (exact) mass is 221 g/mol. The van der Waals surface area contributed by atoms with Crippen molar-refractivity contribution in [3.05, 3.63) is 30.4 Å². The van der Waals surface area contributed by atoms with Crippen LogP contribution in [0.2, 0.25) is 0 Å². The summed E-state index contributed by atoms with van der Waals surface area (Å²) in [5, 5.41) is 3.31. The van der Waals surface area contributed by atoms with Crippen molar-refractivity contribution >= 4 is 5.69 Å². The molecule has 88 valence electrons. The molecule has 3 heteroatoms. The molecule has 0 aromatic heterocycles. The molecule has 0 aliphatic carbocycles. The van der Waals surface area contributed by atoms with Gasteiger partial charge in [-0.1, -0.05) is 5.57 Å². The highest BCUT2D eigenvalue weighted by Crippen LogP contribution is 2.28. The quantitative estimate of drug-likeness (QED) is 0.749. The van der Waals surface area contributed by atoms with Gasteiger partial charge in [-0.3, -0.25) is 0 Å². The fraction of sp³-hybridized carbons (Fsp3) is 0.385. The average Bonchev–Trinajstić information content (AvgIpc) is 2.29. The van der Waals surface area contributed by atoms with Gasteiger partial charge in [0.1, 0.15) is 11.5 Å². The number of hydrogen-bond acceptors (Lipinski definition) is 3.